The summed E-state index contributed by atoms with van der Waals surface area (Å²) in [6, 6.07) is 10.2. The van der Waals surface area contributed by atoms with Crippen LogP contribution in [0.25, 0.3) is 11.0 Å². The van der Waals surface area contributed by atoms with Crippen molar-refractivity contribution < 1.29 is 9.53 Å². The number of aryl methyl sites for hydroxylation is 3. The number of hydrogen-bond donors (Lipinski definition) is 1. The van der Waals surface area contributed by atoms with Gasteiger partial charge in [-0.2, -0.15) is 0 Å². The highest BCUT2D eigenvalue weighted by atomic mass is 16.5. The lowest BCUT2D eigenvalue weighted by Gasteiger charge is -2.16. The van der Waals surface area contributed by atoms with Gasteiger partial charge in [0.25, 0.3) is 5.91 Å². The van der Waals surface area contributed by atoms with E-state index in [1.54, 1.807) is 26.1 Å². The highest BCUT2D eigenvalue weighted by Crippen LogP contribution is 2.28. The highest BCUT2D eigenvalue weighted by molar-refractivity contribution is 6.01. The third-order valence-electron chi connectivity index (χ3n) is 5.35. The summed E-state index contributed by atoms with van der Waals surface area (Å²) in [6.07, 6.45) is 0.981. The van der Waals surface area contributed by atoms with E-state index in [9.17, 15) is 4.79 Å². The summed E-state index contributed by atoms with van der Waals surface area (Å²) in [6.45, 7) is 5.40. The first-order chi connectivity index (χ1) is 13.9. The van der Waals surface area contributed by atoms with E-state index in [1.165, 1.54) is 16.7 Å². The summed E-state index contributed by atoms with van der Waals surface area (Å²) in [5.41, 5.74) is 7.13. The molecule has 2 aromatic carbocycles. The second kappa shape index (κ2) is 8.66. The van der Waals surface area contributed by atoms with Crippen molar-refractivity contribution in [2.45, 2.75) is 33.4 Å². The molecule has 3 rings (SSSR count). The van der Waals surface area contributed by atoms with Gasteiger partial charge in [-0.25, -0.2) is 4.98 Å². The van der Waals surface area contributed by atoms with Gasteiger partial charge >= 0.3 is 0 Å². The topological polar surface area (TPSA) is 59.4 Å². The van der Waals surface area contributed by atoms with Crippen molar-refractivity contribution in [3.63, 3.8) is 0 Å². The summed E-state index contributed by atoms with van der Waals surface area (Å²) in [4.78, 5) is 19.0. The third kappa shape index (κ3) is 4.12. The number of rotatable bonds is 7. The molecule has 0 aliphatic carbocycles. The number of aromatic nitrogens is 2. The number of hydrogen-bond acceptors (Lipinski definition) is 4. The maximum atomic E-state index is 12.7. The first-order valence-corrected chi connectivity index (χ1v) is 9.88. The molecule has 0 fully saturated rings. The summed E-state index contributed by atoms with van der Waals surface area (Å²) >= 11 is 0. The Morgan fingerprint density at radius 2 is 2.03 bits per heavy atom. The molecule has 0 aliphatic rings. The lowest BCUT2D eigenvalue weighted by molar-refractivity contribution is 0.0828. The summed E-state index contributed by atoms with van der Waals surface area (Å²) < 4.78 is 7.28. The second-order valence-electron chi connectivity index (χ2n) is 7.53. The molecule has 0 bridgehead atoms. The Morgan fingerprint density at radius 1 is 1.28 bits per heavy atom. The molecule has 3 aromatic rings. The molecule has 0 aliphatic heterocycles. The quantitative estimate of drug-likeness (QED) is 0.660. The van der Waals surface area contributed by atoms with Gasteiger partial charge in [-0.05, 0) is 42.2 Å². The van der Waals surface area contributed by atoms with Crippen LogP contribution in [0.1, 0.15) is 39.8 Å². The zero-order valence-electron chi connectivity index (χ0n) is 18.2. The number of ether oxygens (including phenoxy) is 1. The molecular formula is C23H30N4O2. The molecule has 6 nitrogen and oxygen atoms in total. The van der Waals surface area contributed by atoms with Crippen LogP contribution in [0.2, 0.25) is 0 Å². The number of nitrogens with zero attached hydrogens (tertiary/aromatic N) is 3. The van der Waals surface area contributed by atoms with Gasteiger partial charge in [-0.1, -0.05) is 25.1 Å². The minimum atomic E-state index is -0.0328. The van der Waals surface area contributed by atoms with Gasteiger partial charge in [0.1, 0.15) is 17.9 Å². The fraction of sp³-hybridized carbons (Fsp3) is 0.391. The Labute approximate surface area is 172 Å². The molecule has 0 unspecified atom stereocenters. The minimum Gasteiger partial charge on any atom is -0.379 e. The second-order valence-corrected chi connectivity index (χ2v) is 7.53. The summed E-state index contributed by atoms with van der Waals surface area (Å²) in [5.74, 6) is 0.791. The van der Waals surface area contributed by atoms with Crippen molar-refractivity contribution in [2.75, 3.05) is 26.5 Å². The molecule has 154 valence electrons. The van der Waals surface area contributed by atoms with Crippen LogP contribution in [0.3, 0.4) is 0 Å². The van der Waals surface area contributed by atoms with Crippen molar-refractivity contribution in [3.8, 4) is 0 Å². The maximum Gasteiger partial charge on any atom is 0.253 e. The SMILES string of the molecule is CCc1cccc(C)c1CNc1cc(C(=O)N(C)C)cc2c1nc(COC)n2C. The zero-order chi connectivity index (χ0) is 21.1. The van der Waals surface area contributed by atoms with Crippen molar-refractivity contribution in [2.24, 2.45) is 7.05 Å². The molecular weight excluding hydrogens is 364 g/mol. The average Bonchev–Trinajstić information content (AvgIpc) is 3.02. The van der Waals surface area contributed by atoms with Crippen molar-refractivity contribution in [1.82, 2.24) is 14.5 Å². The van der Waals surface area contributed by atoms with Gasteiger partial charge < -0.3 is 19.5 Å². The number of nitrogens with one attached hydrogen (secondary N) is 1. The summed E-state index contributed by atoms with van der Waals surface area (Å²) in [7, 11) is 7.14. The van der Waals surface area contributed by atoms with Crippen LogP contribution in [-0.4, -0.2) is 41.6 Å². The Kier molecular flexibility index (Phi) is 6.23. The van der Waals surface area contributed by atoms with Crippen LogP contribution in [0.5, 0.6) is 0 Å². The molecule has 1 amide bonds. The minimum absolute atomic E-state index is 0.0328. The van der Waals surface area contributed by atoms with Crippen LogP contribution >= 0.6 is 0 Å². The van der Waals surface area contributed by atoms with Gasteiger partial charge in [0.2, 0.25) is 0 Å². The normalized spacial score (nSPS) is 11.1. The van der Waals surface area contributed by atoms with E-state index in [-0.39, 0.29) is 5.91 Å². The van der Waals surface area contributed by atoms with E-state index in [4.69, 9.17) is 9.72 Å². The van der Waals surface area contributed by atoms with E-state index in [2.05, 4.69) is 37.4 Å². The summed E-state index contributed by atoms with van der Waals surface area (Å²) in [5, 5.41) is 3.55. The van der Waals surface area contributed by atoms with E-state index in [0.717, 1.165) is 29.0 Å². The predicted octanol–water partition coefficient (Wildman–Crippen LogP) is 3.90. The highest BCUT2D eigenvalue weighted by Gasteiger charge is 2.17. The molecule has 1 heterocycles. The maximum absolute atomic E-state index is 12.7. The molecule has 0 radical (unpaired) electrons. The lowest BCUT2D eigenvalue weighted by atomic mass is 10.00. The number of methoxy groups -OCH3 is 1. The first kappa shape index (κ1) is 20.9. The fourth-order valence-corrected chi connectivity index (χ4v) is 3.64. The Hall–Kier alpha value is -2.86. The molecule has 0 saturated carbocycles. The first-order valence-electron chi connectivity index (χ1n) is 9.88. The number of carbonyl (C=O) groups is 1. The zero-order valence-corrected chi connectivity index (χ0v) is 18.2. The number of benzene rings is 2. The fourth-order valence-electron chi connectivity index (χ4n) is 3.64. The number of amides is 1. The van der Waals surface area contributed by atoms with Crippen molar-refractivity contribution in [3.05, 3.63) is 58.4 Å². The van der Waals surface area contributed by atoms with E-state index in [0.29, 0.717) is 18.7 Å². The van der Waals surface area contributed by atoms with E-state index >= 15 is 0 Å². The van der Waals surface area contributed by atoms with Gasteiger partial charge in [-0.15, -0.1) is 0 Å². The number of fused-ring (bicyclic) bond motifs is 1. The molecule has 0 spiro atoms. The largest absolute Gasteiger partial charge is 0.379 e. The average molecular weight is 395 g/mol. The van der Waals surface area contributed by atoms with Crippen molar-refractivity contribution in [1.29, 1.82) is 0 Å². The van der Waals surface area contributed by atoms with Crippen LogP contribution in [0.4, 0.5) is 5.69 Å². The van der Waals surface area contributed by atoms with Crippen LogP contribution in [-0.2, 0) is 31.4 Å². The predicted molar refractivity (Wildman–Crippen MR) is 117 cm³/mol. The Balaban J connectivity index is 2.08. The number of carbonyl (C=O) groups excluding carboxylic acids is 1. The molecule has 0 saturated heterocycles. The van der Waals surface area contributed by atoms with Crippen molar-refractivity contribution >= 4 is 22.6 Å². The van der Waals surface area contributed by atoms with Gasteiger partial charge in [0, 0.05) is 40.4 Å². The molecule has 0 atom stereocenters. The standard InChI is InChI=1S/C23H30N4O2/c1-7-16-10-8-9-15(2)18(16)13-24-19-11-17(23(28)26(3)4)12-20-22(19)25-21(14-29-6)27(20)5/h8-12,24H,7,13-14H2,1-6H3. The van der Waals surface area contributed by atoms with Crippen LogP contribution in [0, 0.1) is 6.92 Å². The third-order valence-corrected chi connectivity index (χ3v) is 5.35. The smallest absolute Gasteiger partial charge is 0.253 e. The Morgan fingerprint density at radius 3 is 2.69 bits per heavy atom. The number of imidazole rings is 1. The van der Waals surface area contributed by atoms with E-state index < -0.39 is 0 Å². The monoisotopic (exact) mass is 394 g/mol. The molecule has 1 N–H and O–H groups in total. The number of anilines is 1. The van der Waals surface area contributed by atoms with Gasteiger partial charge in [-0.3, -0.25) is 4.79 Å². The molecule has 29 heavy (non-hydrogen) atoms. The van der Waals surface area contributed by atoms with Crippen LogP contribution < -0.4 is 5.32 Å². The molecule has 6 heteroatoms. The van der Waals surface area contributed by atoms with Gasteiger partial charge in [0.15, 0.2) is 0 Å². The Bertz CT molecular complexity index is 1040. The lowest BCUT2D eigenvalue weighted by Crippen LogP contribution is -2.21. The van der Waals surface area contributed by atoms with Crippen LogP contribution in [0.15, 0.2) is 30.3 Å². The van der Waals surface area contributed by atoms with Gasteiger partial charge in [0.05, 0.1) is 11.2 Å². The molecule has 1 aromatic heterocycles. The van der Waals surface area contributed by atoms with E-state index in [1.807, 2.05) is 23.7 Å².